The number of imide groups is 1. The minimum Gasteiger partial charge on any atom is -0.487 e. The molecule has 10 nitrogen and oxygen atoms in total. The Morgan fingerprint density at radius 3 is 2.69 bits per heavy atom. The number of pyridine rings is 1. The number of amides is 3. The van der Waals surface area contributed by atoms with Gasteiger partial charge in [-0.25, -0.2) is 4.98 Å². The second-order valence-electron chi connectivity index (χ2n) is 12.2. The topological polar surface area (TPSA) is 119 Å². The number of aromatic nitrogens is 1. The normalized spacial score (nSPS) is 20.8. The maximum Gasteiger partial charge on any atom is 0.259 e. The summed E-state index contributed by atoms with van der Waals surface area (Å²) in [6.45, 7) is 4.06. The summed E-state index contributed by atoms with van der Waals surface area (Å²) in [4.78, 5) is 48.6. The van der Waals surface area contributed by atoms with Crippen molar-refractivity contribution in [2.75, 3.05) is 36.0 Å². The van der Waals surface area contributed by atoms with Gasteiger partial charge in [0.15, 0.2) is 11.6 Å². The van der Waals surface area contributed by atoms with Gasteiger partial charge in [-0.1, -0.05) is 42.5 Å². The van der Waals surface area contributed by atoms with E-state index in [2.05, 4.69) is 50.4 Å². The number of anilines is 2. The lowest BCUT2D eigenvalue weighted by Gasteiger charge is -2.44. The third kappa shape index (κ3) is 4.67. The van der Waals surface area contributed by atoms with E-state index in [1.807, 2.05) is 30.3 Å². The zero-order valence-electron chi connectivity index (χ0n) is 24.5. The molecule has 4 aliphatic rings. The molecule has 0 bridgehead atoms. The summed E-state index contributed by atoms with van der Waals surface area (Å²) in [5.41, 5.74) is 5.37. The predicted octanol–water partition coefficient (Wildman–Crippen LogP) is 3.55. The smallest absolute Gasteiger partial charge is 0.259 e. The van der Waals surface area contributed by atoms with Crippen molar-refractivity contribution in [2.45, 2.75) is 37.9 Å². The van der Waals surface area contributed by atoms with E-state index < -0.39 is 11.9 Å². The van der Waals surface area contributed by atoms with Crippen LogP contribution in [0, 0.1) is 11.3 Å². The van der Waals surface area contributed by atoms with Crippen molar-refractivity contribution in [1.82, 2.24) is 15.2 Å². The van der Waals surface area contributed by atoms with Crippen LogP contribution in [0.4, 0.5) is 11.5 Å². The van der Waals surface area contributed by atoms with Crippen molar-refractivity contribution in [3.63, 3.8) is 0 Å². The SMILES string of the molecule is N#Cc1cnc2c(c1)OC[C@H]1CN(Cc3ccc(Cc4ccc5c6c(cccc46)C(=O)N5C4CCC(=O)NC4=O)cc3)CCN21. The standard InChI is InChI=1S/C35H30N6O4/c36-16-23-15-30-33(37-17-23)40-13-12-39(19-25(40)20-45-30)18-22-6-4-21(5-7-22)14-24-8-9-28-32-26(24)2-1-3-27(32)35(44)41(28)29-10-11-31(42)38-34(29)43/h1-9,15,17,25,29H,10-14,18-20H2,(H,38,42,43)/t25-,29?/m1/s1. The van der Waals surface area contributed by atoms with Crippen LogP contribution in [-0.2, 0) is 22.6 Å². The van der Waals surface area contributed by atoms with Crippen molar-refractivity contribution >= 4 is 40.0 Å². The molecule has 2 fully saturated rings. The molecule has 1 aromatic heterocycles. The summed E-state index contributed by atoms with van der Waals surface area (Å²) in [7, 11) is 0. The van der Waals surface area contributed by atoms with Crippen LogP contribution in [0.15, 0.2) is 66.9 Å². The second kappa shape index (κ2) is 10.7. The van der Waals surface area contributed by atoms with E-state index in [0.29, 0.717) is 36.3 Å². The summed E-state index contributed by atoms with van der Waals surface area (Å²) < 4.78 is 5.97. The molecule has 0 radical (unpaired) electrons. The number of hydrogen-bond donors (Lipinski definition) is 1. The van der Waals surface area contributed by atoms with Gasteiger partial charge in [-0.15, -0.1) is 0 Å². The van der Waals surface area contributed by atoms with Gasteiger partial charge < -0.3 is 9.64 Å². The lowest BCUT2D eigenvalue weighted by atomic mass is 9.95. The number of ether oxygens (including phenoxy) is 1. The fraction of sp³-hybridized carbons (Fsp3) is 0.286. The van der Waals surface area contributed by atoms with Crippen molar-refractivity contribution < 1.29 is 19.1 Å². The van der Waals surface area contributed by atoms with E-state index in [4.69, 9.17) is 4.74 Å². The lowest BCUT2D eigenvalue weighted by Crippen LogP contribution is -2.57. The number of rotatable bonds is 5. The number of piperazine rings is 1. The number of hydrogen-bond acceptors (Lipinski definition) is 8. The van der Waals surface area contributed by atoms with Gasteiger partial charge in [-0.05, 0) is 47.1 Å². The molecule has 0 aliphatic carbocycles. The molecule has 3 amide bonds. The largest absolute Gasteiger partial charge is 0.487 e. The minimum atomic E-state index is -0.692. The van der Waals surface area contributed by atoms with Gasteiger partial charge in [0.2, 0.25) is 11.8 Å². The highest BCUT2D eigenvalue weighted by Crippen LogP contribution is 2.41. The summed E-state index contributed by atoms with van der Waals surface area (Å²) >= 11 is 0. The van der Waals surface area contributed by atoms with E-state index in [0.717, 1.165) is 54.0 Å². The highest BCUT2D eigenvalue weighted by Gasteiger charge is 2.41. The van der Waals surface area contributed by atoms with Crippen molar-refractivity contribution in [2.24, 2.45) is 0 Å². The van der Waals surface area contributed by atoms with Gasteiger partial charge in [-0.3, -0.25) is 29.5 Å². The van der Waals surface area contributed by atoms with Gasteiger partial charge in [0, 0.05) is 55.8 Å². The van der Waals surface area contributed by atoms with E-state index in [-0.39, 0.29) is 24.3 Å². The first-order valence-electron chi connectivity index (χ1n) is 15.3. The third-order valence-corrected chi connectivity index (χ3v) is 9.40. The molecule has 5 heterocycles. The fourth-order valence-electron chi connectivity index (χ4n) is 7.19. The molecule has 2 atom stereocenters. The molecule has 0 spiro atoms. The molecular weight excluding hydrogens is 568 g/mol. The van der Waals surface area contributed by atoms with E-state index in [1.165, 1.54) is 11.1 Å². The number of carbonyl (C=O) groups excluding carboxylic acids is 3. The van der Waals surface area contributed by atoms with Crippen LogP contribution in [0.25, 0.3) is 10.8 Å². The predicted molar refractivity (Wildman–Crippen MR) is 167 cm³/mol. The van der Waals surface area contributed by atoms with Crippen LogP contribution < -0.4 is 19.9 Å². The Balaban J connectivity index is 0.963. The highest BCUT2D eigenvalue weighted by molar-refractivity contribution is 6.27. The number of carbonyl (C=O) groups is 3. The van der Waals surface area contributed by atoms with Gasteiger partial charge in [0.1, 0.15) is 18.7 Å². The summed E-state index contributed by atoms with van der Waals surface area (Å²) in [6.07, 6.45) is 2.86. The first-order chi connectivity index (χ1) is 22.0. The zero-order chi connectivity index (χ0) is 30.7. The maximum absolute atomic E-state index is 13.5. The van der Waals surface area contributed by atoms with Crippen LogP contribution in [0.5, 0.6) is 5.75 Å². The molecule has 45 heavy (non-hydrogen) atoms. The maximum atomic E-state index is 13.5. The monoisotopic (exact) mass is 598 g/mol. The van der Waals surface area contributed by atoms with Gasteiger partial charge >= 0.3 is 0 Å². The number of piperidine rings is 1. The van der Waals surface area contributed by atoms with E-state index in [9.17, 15) is 19.6 Å². The number of nitriles is 1. The molecule has 8 rings (SSSR count). The number of nitrogens with zero attached hydrogens (tertiary/aromatic N) is 5. The van der Waals surface area contributed by atoms with Crippen LogP contribution >= 0.6 is 0 Å². The van der Waals surface area contributed by atoms with Gasteiger partial charge in [-0.2, -0.15) is 5.26 Å². The second-order valence-corrected chi connectivity index (χ2v) is 12.2. The van der Waals surface area contributed by atoms with Crippen molar-refractivity contribution in [3.8, 4) is 11.8 Å². The van der Waals surface area contributed by atoms with Crippen LogP contribution in [0.3, 0.4) is 0 Å². The van der Waals surface area contributed by atoms with Crippen molar-refractivity contribution in [1.29, 1.82) is 5.26 Å². The molecule has 0 saturated carbocycles. The molecule has 1 N–H and O–H groups in total. The quantitative estimate of drug-likeness (QED) is 0.347. The molecule has 4 aliphatic heterocycles. The number of benzene rings is 3. The molecular formula is C35H30N6O4. The first kappa shape index (κ1) is 27.3. The highest BCUT2D eigenvalue weighted by atomic mass is 16.5. The molecule has 2 saturated heterocycles. The van der Waals surface area contributed by atoms with Gasteiger partial charge in [0.05, 0.1) is 17.3 Å². The van der Waals surface area contributed by atoms with Gasteiger partial charge in [0.25, 0.3) is 5.91 Å². The molecule has 224 valence electrons. The van der Waals surface area contributed by atoms with E-state index >= 15 is 0 Å². The Hall–Kier alpha value is -5.27. The number of fused-ring (bicyclic) bond motifs is 3. The molecule has 3 aromatic carbocycles. The third-order valence-electron chi connectivity index (χ3n) is 9.40. The number of nitrogens with one attached hydrogen (secondary N) is 1. The van der Waals surface area contributed by atoms with Crippen LogP contribution in [-0.4, -0.2) is 65.9 Å². The Kier molecular flexibility index (Phi) is 6.50. The molecule has 4 aromatic rings. The Morgan fingerprint density at radius 1 is 1.02 bits per heavy atom. The average molecular weight is 599 g/mol. The molecule has 10 heteroatoms. The van der Waals surface area contributed by atoms with Crippen LogP contribution in [0.2, 0.25) is 0 Å². The Labute approximate surface area is 259 Å². The van der Waals surface area contributed by atoms with E-state index in [1.54, 1.807) is 17.2 Å². The zero-order valence-corrected chi connectivity index (χ0v) is 24.5. The van der Waals surface area contributed by atoms with Crippen molar-refractivity contribution in [3.05, 3.63) is 94.7 Å². The fourth-order valence-corrected chi connectivity index (χ4v) is 7.19. The minimum absolute atomic E-state index is 0.194. The summed E-state index contributed by atoms with van der Waals surface area (Å²) in [5, 5.41) is 13.4. The Bertz CT molecular complexity index is 1930. The lowest BCUT2D eigenvalue weighted by molar-refractivity contribution is -0.134. The first-order valence-corrected chi connectivity index (χ1v) is 15.3. The van der Waals surface area contributed by atoms with Crippen LogP contribution in [0.1, 0.15) is 45.5 Å². The Morgan fingerprint density at radius 2 is 1.87 bits per heavy atom. The average Bonchev–Trinajstić information content (AvgIpc) is 3.34. The summed E-state index contributed by atoms with van der Waals surface area (Å²) in [5.74, 6) is 0.601. The molecule has 1 unspecified atom stereocenters. The summed E-state index contributed by atoms with van der Waals surface area (Å²) in [6, 6.07) is 21.9.